The van der Waals surface area contributed by atoms with Gasteiger partial charge in [-0.1, -0.05) is 19.1 Å². The number of carbonyl (C=O) groups excluding carboxylic acids is 1. The third-order valence-electron chi connectivity index (χ3n) is 2.04. The molecule has 1 rings (SSSR count). The van der Waals surface area contributed by atoms with Crippen LogP contribution in [0.15, 0.2) is 24.3 Å². The predicted molar refractivity (Wildman–Crippen MR) is 63.1 cm³/mol. The Hall–Kier alpha value is -1.51. The van der Waals surface area contributed by atoms with E-state index < -0.39 is 0 Å². The summed E-state index contributed by atoms with van der Waals surface area (Å²) in [5, 5.41) is 5.54. The van der Waals surface area contributed by atoms with Gasteiger partial charge in [-0.3, -0.25) is 0 Å². The quantitative estimate of drug-likeness (QED) is 0.784. The number of hydrogen-bond acceptors (Lipinski definition) is 1. The van der Waals surface area contributed by atoms with Gasteiger partial charge in [0.25, 0.3) is 0 Å². The van der Waals surface area contributed by atoms with Gasteiger partial charge in [-0.2, -0.15) is 0 Å². The first-order valence-corrected chi connectivity index (χ1v) is 5.28. The minimum atomic E-state index is -0.158. The Kier molecular flexibility index (Phi) is 4.16. The average molecular weight is 206 g/mol. The number of amides is 2. The Balaban J connectivity index is 2.53. The van der Waals surface area contributed by atoms with Crippen LogP contribution in [0, 0.1) is 0 Å². The maximum absolute atomic E-state index is 11.4. The van der Waals surface area contributed by atoms with E-state index in [4.69, 9.17) is 0 Å². The average Bonchev–Trinajstić information content (AvgIpc) is 2.17. The maximum Gasteiger partial charge on any atom is 0.319 e. The predicted octanol–water partition coefficient (Wildman–Crippen LogP) is 2.78. The van der Waals surface area contributed by atoms with E-state index in [1.165, 1.54) is 5.56 Å². The summed E-state index contributed by atoms with van der Waals surface area (Å²) in [4.78, 5) is 11.4. The molecular weight excluding hydrogens is 188 g/mol. The SMILES string of the molecule is CCc1ccc(NC(=O)NC(C)C)cc1. The van der Waals surface area contributed by atoms with E-state index in [1.807, 2.05) is 38.1 Å². The number of hydrogen-bond donors (Lipinski definition) is 2. The highest BCUT2D eigenvalue weighted by Crippen LogP contribution is 2.09. The number of benzene rings is 1. The van der Waals surface area contributed by atoms with Crippen LogP contribution in [0.4, 0.5) is 10.5 Å². The van der Waals surface area contributed by atoms with Crippen LogP contribution in [0.5, 0.6) is 0 Å². The number of carbonyl (C=O) groups is 1. The third-order valence-corrected chi connectivity index (χ3v) is 2.04. The van der Waals surface area contributed by atoms with Gasteiger partial charge in [0.15, 0.2) is 0 Å². The Morgan fingerprint density at radius 3 is 2.33 bits per heavy atom. The summed E-state index contributed by atoms with van der Waals surface area (Å²) in [5.74, 6) is 0. The van der Waals surface area contributed by atoms with Crippen molar-refractivity contribution in [3.8, 4) is 0 Å². The molecule has 0 unspecified atom stereocenters. The van der Waals surface area contributed by atoms with Crippen LogP contribution in [0.3, 0.4) is 0 Å². The van der Waals surface area contributed by atoms with Crippen LogP contribution in [0.25, 0.3) is 0 Å². The van der Waals surface area contributed by atoms with Gasteiger partial charge in [0, 0.05) is 11.7 Å². The summed E-state index contributed by atoms with van der Waals surface area (Å²) in [5.41, 5.74) is 2.09. The van der Waals surface area contributed by atoms with Crippen LogP contribution >= 0.6 is 0 Å². The second-order valence-corrected chi connectivity index (χ2v) is 3.80. The van der Waals surface area contributed by atoms with Gasteiger partial charge >= 0.3 is 6.03 Å². The fraction of sp³-hybridized carbons (Fsp3) is 0.417. The summed E-state index contributed by atoms with van der Waals surface area (Å²) in [6.45, 7) is 5.97. The molecule has 0 aliphatic heterocycles. The molecule has 0 aliphatic carbocycles. The summed E-state index contributed by atoms with van der Waals surface area (Å²) in [6, 6.07) is 7.86. The zero-order valence-corrected chi connectivity index (χ0v) is 9.50. The molecular formula is C12H18N2O. The lowest BCUT2D eigenvalue weighted by atomic mass is 10.1. The molecule has 0 aliphatic rings. The Morgan fingerprint density at radius 1 is 1.27 bits per heavy atom. The van der Waals surface area contributed by atoms with E-state index in [0.29, 0.717) is 0 Å². The monoisotopic (exact) mass is 206 g/mol. The van der Waals surface area contributed by atoms with Crippen molar-refractivity contribution in [2.75, 3.05) is 5.32 Å². The summed E-state index contributed by atoms with van der Waals surface area (Å²) in [6.07, 6.45) is 1.01. The van der Waals surface area contributed by atoms with E-state index in [9.17, 15) is 4.79 Å². The van der Waals surface area contributed by atoms with Crippen LogP contribution in [0.2, 0.25) is 0 Å². The van der Waals surface area contributed by atoms with E-state index in [1.54, 1.807) is 0 Å². The largest absolute Gasteiger partial charge is 0.336 e. The topological polar surface area (TPSA) is 41.1 Å². The first kappa shape index (κ1) is 11.6. The van der Waals surface area contributed by atoms with Crippen molar-refractivity contribution in [2.45, 2.75) is 33.2 Å². The molecule has 0 radical (unpaired) electrons. The molecule has 1 aromatic rings. The van der Waals surface area contributed by atoms with Gasteiger partial charge < -0.3 is 10.6 Å². The second-order valence-electron chi connectivity index (χ2n) is 3.80. The molecule has 1 aromatic carbocycles. The maximum atomic E-state index is 11.4. The molecule has 0 saturated heterocycles. The normalized spacial score (nSPS) is 10.1. The van der Waals surface area contributed by atoms with E-state index >= 15 is 0 Å². The molecule has 2 N–H and O–H groups in total. The summed E-state index contributed by atoms with van der Waals surface area (Å²) >= 11 is 0. The van der Waals surface area contributed by atoms with Crippen LogP contribution < -0.4 is 10.6 Å². The number of nitrogens with one attached hydrogen (secondary N) is 2. The van der Waals surface area contributed by atoms with Crippen LogP contribution in [-0.4, -0.2) is 12.1 Å². The molecule has 15 heavy (non-hydrogen) atoms. The lowest BCUT2D eigenvalue weighted by molar-refractivity contribution is 0.250. The molecule has 82 valence electrons. The van der Waals surface area contributed by atoms with Crippen molar-refractivity contribution in [2.24, 2.45) is 0 Å². The third kappa shape index (κ3) is 4.02. The minimum Gasteiger partial charge on any atom is -0.336 e. The van der Waals surface area contributed by atoms with E-state index in [2.05, 4.69) is 17.6 Å². The van der Waals surface area contributed by atoms with Crippen LogP contribution in [0.1, 0.15) is 26.3 Å². The number of anilines is 1. The number of rotatable bonds is 3. The minimum absolute atomic E-state index is 0.153. The molecule has 0 saturated carbocycles. The van der Waals surface area contributed by atoms with Gasteiger partial charge in [0.05, 0.1) is 0 Å². The lowest BCUT2D eigenvalue weighted by Gasteiger charge is -2.10. The first-order valence-electron chi connectivity index (χ1n) is 5.28. The van der Waals surface area contributed by atoms with E-state index in [-0.39, 0.29) is 12.1 Å². The van der Waals surface area contributed by atoms with Crippen LogP contribution in [-0.2, 0) is 6.42 Å². The molecule has 0 bridgehead atoms. The molecule has 0 spiro atoms. The summed E-state index contributed by atoms with van der Waals surface area (Å²) < 4.78 is 0. The van der Waals surface area contributed by atoms with Gasteiger partial charge in [-0.25, -0.2) is 4.79 Å². The second kappa shape index (κ2) is 5.39. The smallest absolute Gasteiger partial charge is 0.319 e. The van der Waals surface area contributed by atoms with Gasteiger partial charge in [0.2, 0.25) is 0 Å². The van der Waals surface area contributed by atoms with Crippen molar-refractivity contribution in [1.29, 1.82) is 0 Å². The molecule has 0 fully saturated rings. The molecule has 0 atom stereocenters. The van der Waals surface area contributed by atoms with Crippen molar-refractivity contribution in [3.63, 3.8) is 0 Å². The van der Waals surface area contributed by atoms with Gasteiger partial charge in [-0.05, 0) is 38.0 Å². The zero-order valence-electron chi connectivity index (χ0n) is 9.50. The molecule has 3 nitrogen and oxygen atoms in total. The highest BCUT2D eigenvalue weighted by atomic mass is 16.2. The molecule has 3 heteroatoms. The van der Waals surface area contributed by atoms with Crippen molar-refractivity contribution >= 4 is 11.7 Å². The number of urea groups is 1. The Morgan fingerprint density at radius 2 is 1.87 bits per heavy atom. The Labute approximate surface area is 90.9 Å². The first-order chi connectivity index (χ1) is 7.11. The summed E-state index contributed by atoms with van der Waals surface area (Å²) in [7, 11) is 0. The van der Waals surface area contributed by atoms with Crippen molar-refractivity contribution in [1.82, 2.24) is 5.32 Å². The Bertz CT molecular complexity index is 317. The highest BCUT2D eigenvalue weighted by molar-refractivity contribution is 5.89. The standard InChI is InChI=1S/C12H18N2O/c1-4-10-5-7-11(8-6-10)14-12(15)13-9(2)3/h5-9H,4H2,1-3H3,(H2,13,14,15). The molecule has 2 amide bonds. The molecule has 0 heterocycles. The van der Waals surface area contributed by atoms with Gasteiger partial charge in [-0.15, -0.1) is 0 Å². The molecule has 0 aromatic heterocycles. The van der Waals surface area contributed by atoms with E-state index in [0.717, 1.165) is 12.1 Å². The van der Waals surface area contributed by atoms with Crippen molar-refractivity contribution in [3.05, 3.63) is 29.8 Å². The highest BCUT2D eigenvalue weighted by Gasteiger charge is 2.02. The lowest BCUT2D eigenvalue weighted by Crippen LogP contribution is -2.34. The van der Waals surface area contributed by atoms with Crippen molar-refractivity contribution < 1.29 is 4.79 Å². The number of aryl methyl sites for hydroxylation is 1. The van der Waals surface area contributed by atoms with Gasteiger partial charge in [0.1, 0.15) is 0 Å². The fourth-order valence-electron chi connectivity index (χ4n) is 1.25. The zero-order chi connectivity index (χ0) is 11.3. The fourth-order valence-corrected chi connectivity index (χ4v) is 1.25.